The Bertz CT molecular complexity index is 330. The summed E-state index contributed by atoms with van der Waals surface area (Å²) in [5.41, 5.74) is 0. The Labute approximate surface area is 89.0 Å². The number of hydrogen-bond acceptors (Lipinski definition) is 5. The van der Waals surface area contributed by atoms with Gasteiger partial charge in [-0.25, -0.2) is 0 Å². The minimum absolute atomic E-state index is 0.0859. The molecular formula is C10H15N3O2. The monoisotopic (exact) mass is 209 g/mol. The molecule has 1 atom stereocenters. The summed E-state index contributed by atoms with van der Waals surface area (Å²) < 4.78 is 9.94. The minimum Gasteiger partial charge on any atom is -0.385 e. The van der Waals surface area contributed by atoms with Crippen molar-refractivity contribution in [1.29, 1.82) is 5.26 Å². The van der Waals surface area contributed by atoms with Gasteiger partial charge in [-0.1, -0.05) is 5.16 Å². The smallest absolute Gasteiger partial charge is 0.227 e. The average Bonchev–Trinajstić information content (AvgIpc) is 2.66. The van der Waals surface area contributed by atoms with Crippen LogP contribution in [0.15, 0.2) is 4.52 Å². The molecule has 0 aliphatic heterocycles. The Morgan fingerprint density at radius 3 is 3.07 bits per heavy atom. The Balaban J connectivity index is 2.39. The van der Waals surface area contributed by atoms with E-state index in [1.807, 2.05) is 6.92 Å². The highest BCUT2D eigenvalue weighted by Gasteiger charge is 2.09. The zero-order chi connectivity index (χ0) is 11.1. The number of methoxy groups -OCH3 is 1. The molecule has 1 unspecified atom stereocenters. The molecule has 0 bridgehead atoms. The number of hydrogen-bond donors (Lipinski definition) is 0. The van der Waals surface area contributed by atoms with Crippen LogP contribution in [0.3, 0.4) is 0 Å². The lowest BCUT2D eigenvalue weighted by Crippen LogP contribution is -1.97. The molecule has 0 saturated carbocycles. The lowest BCUT2D eigenvalue weighted by Gasteiger charge is -1.94. The molecule has 0 saturated heterocycles. The highest BCUT2D eigenvalue weighted by Crippen LogP contribution is 2.06. The largest absolute Gasteiger partial charge is 0.385 e. The summed E-state index contributed by atoms with van der Waals surface area (Å²) in [5.74, 6) is 1.14. The predicted octanol–water partition coefficient (Wildman–Crippen LogP) is 1.35. The van der Waals surface area contributed by atoms with E-state index < -0.39 is 0 Å². The second kappa shape index (κ2) is 6.14. The second-order valence-electron chi connectivity index (χ2n) is 3.43. The first-order valence-electron chi connectivity index (χ1n) is 4.96. The van der Waals surface area contributed by atoms with E-state index in [4.69, 9.17) is 14.5 Å². The summed E-state index contributed by atoms with van der Waals surface area (Å²) in [5, 5.41) is 12.4. The van der Waals surface area contributed by atoms with Crippen molar-refractivity contribution in [3.8, 4) is 6.07 Å². The predicted molar refractivity (Wildman–Crippen MR) is 53.0 cm³/mol. The fourth-order valence-corrected chi connectivity index (χ4v) is 1.16. The van der Waals surface area contributed by atoms with Gasteiger partial charge in [-0.05, 0) is 13.3 Å². The first-order chi connectivity index (χ1) is 7.26. The summed E-state index contributed by atoms with van der Waals surface area (Å²) in [6, 6.07) is 2.13. The van der Waals surface area contributed by atoms with Gasteiger partial charge in [-0.15, -0.1) is 0 Å². The van der Waals surface area contributed by atoms with Crippen LogP contribution in [0.5, 0.6) is 0 Å². The van der Waals surface area contributed by atoms with Crippen molar-refractivity contribution >= 4 is 0 Å². The Morgan fingerprint density at radius 2 is 2.40 bits per heavy atom. The number of nitrogens with zero attached hydrogens (tertiary/aromatic N) is 3. The van der Waals surface area contributed by atoms with Crippen LogP contribution in [0.25, 0.3) is 0 Å². The molecule has 5 heteroatoms. The van der Waals surface area contributed by atoms with E-state index in [-0.39, 0.29) is 5.92 Å². The van der Waals surface area contributed by atoms with E-state index in [0.29, 0.717) is 24.7 Å². The molecule has 0 aromatic carbocycles. The fraction of sp³-hybridized carbons (Fsp3) is 0.700. The lowest BCUT2D eigenvalue weighted by molar-refractivity contribution is 0.194. The van der Waals surface area contributed by atoms with Crippen LogP contribution in [0.2, 0.25) is 0 Å². The first-order valence-corrected chi connectivity index (χ1v) is 4.96. The van der Waals surface area contributed by atoms with Crippen molar-refractivity contribution in [1.82, 2.24) is 10.1 Å². The van der Waals surface area contributed by atoms with Crippen molar-refractivity contribution in [3.05, 3.63) is 11.7 Å². The molecule has 1 aromatic rings. The van der Waals surface area contributed by atoms with Gasteiger partial charge in [0.25, 0.3) is 0 Å². The molecule has 15 heavy (non-hydrogen) atoms. The number of rotatable bonds is 6. The third-order valence-corrected chi connectivity index (χ3v) is 1.96. The number of aryl methyl sites for hydroxylation is 1. The van der Waals surface area contributed by atoms with Crippen molar-refractivity contribution < 1.29 is 9.26 Å². The molecule has 0 spiro atoms. The molecule has 0 amide bonds. The van der Waals surface area contributed by atoms with Gasteiger partial charge >= 0.3 is 0 Å². The van der Waals surface area contributed by atoms with Gasteiger partial charge in [0, 0.05) is 26.6 Å². The van der Waals surface area contributed by atoms with Gasteiger partial charge in [0.05, 0.1) is 12.0 Å². The standard InChI is InChI=1S/C10H15N3O2/c1-8(7-11)6-10-12-9(13-15-10)4-3-5-14-2/h8H,3-6H2,1-2H3. The summed E-state index contributed by atoms with van der Waals surface area (Å²) >= 11 is 0. The van der Waals surface area contributed by atoms with E-state index in [1.165, 1.54) is 0 Å². The normalized spacial score (nSPS) is 12.3. The van der Waals surface area contributed by atoms with Gasteiger partial charge in [0.15, 0.2) is 5.82 Å². The molecule has 0 N–H and O–H groups in total. The van der Waals surface area contributed by atoms with Crippen molar-refractivity contribution in [3.63, 3.8) is 0 Å². The van der Waals surface area contributed by atoms with Crippen LogP contribution < -0.4 is 0 Å². The minimum atomic E-state index is -0.0859. The molecular weight excluding hydrogens is 194 g/mol. The molecule has 0 aliphatic rings. The van der Waals surface area contributed by atoms with Crippen LogP contribution in [-0.2, 0) is 17.6 Å². The molecule has 1 heterocycles. The SMILES string of the molecule is COCCCc1noc(CC(C)C#N)n1. The zero-order valence-corrected chi connectivity index (χ0v) is 9.06. The van der Waals surface area contributed by atoms with Crippen molar-refractivity contribution in [2.75, 3.05) is 13.7 Å². The maximum atomic E-state index is 8.62. The van der Waals surface area contributed by atoms with Crippen LogP contribution in [-0.4, -0.2) is 23.9 Å². The number of nitriles is 1. The van der Waals surface area contributed by atoms with Crippen LogP contribution >= 0.6 is 0 Å². The summed E-state index contributed by atoms with van der Waals surface area (Å²) in [7, 11) is 1.66. The molecule has 0 radical (unpaired) electrons. The number of ether oxygens (including phenoxy) is 1. The average molecular weight is 209 g/mol. The lowest BCUT2D eigenvalue weighted by atomic mass is 10.1. The summed E-state index contributed by atoms with van der Waals surface area (Å²) in [6.45, 7) is 2.52. The maximum absolute atomic E-state index is 8.62. The molecule has 0 aliphatic carbocycles. The van der Waals surface area contributed by atoms with Gasteiger partial charge < -0.3 is 9.26 Å². The Morgan fingerprint density at radius 1 is 1.60 bits per heavy atom. The quantitative estimate of drug-likeness (QED) is 0.661. The molecule has 0 fully saturated rings. The molecule has 5 nitrogen and oxygen atoms in total. The topological polar surface area (TPSA) is 71.9 Å². The Hall–Kier alpha value is -1.41. The van der Waals surface area contributed by atoms with Crippen LogP contribution in [0, 0.1) is 17.2 Å². The fourth-order valence-electron chi connectivity index (χ4n) is 1.16. The van der Waals surface area contributed by atoms with Crippen LogP contribution in [0.4, 0.5) is 0 Å². The first kappa shape index (κ1) is 11.7. The summed E-state index contributed by atoms with van der Waals surface area (Å²) in [4.78, 5) is 4.19. The van der Waals surface area contributed by atoms with Gasteiger partial charge in [-0.3, -0.25) is 0 Å². The van der Waals surface area contributed by atoms with E-state index in [9.17, 15) is 0 Å². The number of aromatic nitrogens is 2. The third kappa shape index (κ3) is 4.09. The Kier molecular flexibility index (Phi) is 4.78. The van der Waals surface area contributed by atoms with Gasteiger partial charge in [0.2, 0.25) is 5.89 Å². The van der Waals surface area contributed by atoms with Crippen molar-refractivity contribution in [2.45, 2.75) is 26.2 Å². The van der Waals surface area contributed by atoms with Crippen molar-refractivity contribution in [2.24, 2.45) is 5.92 Å². The van der Waals surface area contributed by atoms with Gasteiger partial charge in [0.1, 0.15) is 0 Å². The van der Waals surface area contributed by atoms with E-state index in [2.05, 4.69) is 16.2 Å². The van der Waals surface area contributed by atoms with E-state index in [0.717, 1.165) is 12.8 Å². The third-order valence-electron chi connectivity index (χ3n) is 1.96. The zero-order valence-electron chi connectivity index (χ0n) is 9.06. The van der Waals surface area contributed by atoms with E-state index >= 15 is 0 Å². The highest BCUT2D eigenvalue weighted by molar-refractivity contribution is 4.92. The molecule has 82 valence electrons. The summed E-state index contributed by atoms with van der Waals surface area (Å²) in [6.07, 6.45) is 2.15. The van der Waals surface area contributed by atoms with Crippen LogP contribution in [0.1, 0.15) is 25.1 Å². The maximum Gasteiger partial charge on any atom is 0.227 e. The highest BCUT2D eigenvalue weighted by atomic mass is 16.5. The van der Waals surface area contributed by atoms with Gasteiger partial charge in [-0.2, -0.15) is 10.2 Å². The molecule has 1 aromatic heterocycles. The molecule has 1 rings (SSSR count). The van der Waals surface area contributed by atoms with E-state index in [1.54, 1.807) is 7.11 Å². The second-order valence-corrected chi connectivity index (χ2v) is 3.43.